The normalized spacial score (nSPS) is 10.6. The summed E-state index contributed by atoms with van der Waals surface area (Å²) in [6.45, 7) is 0. The van der Waals surface area contributed by atoms with Crippen LogP contribution in [0.1, 0.15) is 0 Å². The zero-order valence-corrected chi connectivity index (χ0v) is 9.54. The quantitative estimate of drug-likeness (QED) is 0.753. The van der Waals surface area contributed by atoms with Gasteiger partial charge in [0.15, 0.2) is 0 Å². The second-order valence-electron chi connectivity index (χ2n) is 2.40. The Bertz CT molecular complexity index is 491. The molecule has 1 amide bonds. The first kappa shape index (κ1) is 12.5. The Hall–Kier alpha value is -1.61. The number of rotatable bonds is 3. The minimum atomic E-state index is -4.12. The first-order chi connectivity index (χ1) is 7.43. The number of hydrogen-bond donors (Lipinski definition) is 2. The van der Waals surface area contributed by atoms with Crippen LogP contribution in [0.4, 0.5) is 10.7 Å². The number of carbonyl (C=O) groups excluding carboxylic acids is 1. The summed E-state index contributed by atoms with van der Waals surface area (Å²) in [6.07, 6.45) is 0.125. The van der Waals surface area contributed by atoms with Gasteiger partial charge in [0.1, 0.15) is 5.15 Å². The lowest BCUT2D eigenvalue weighted by atomic mass is 10.7. The van der Waals surface area contributed by atoms with Gasteiger partial charge in [-0.25, -0.2) is 24.2 Å². The fraction of sp³-hybridized carbons (Fsp3) is 0.167. The van der Waals surface area contributed by atoms with Crippen LogP contribution in [0.3, 0.4) is 0 Å². The van der Waals surface area contributed by atoms with Gasteiger partial charge in [-0.05, 0) is 6.07 Å². The number of ether oxygens (including phenoxy) is 1. The van der Waals surface area contributed by atoms with Crippen LogP contribution in [0.25, 0.3) is 0 Å². The van der Waals surface area contributed by atoms with Gasteiger partial charge in [0.05, 0.1) is 7.11 Å². The van der Waals surface area contributed by atoms with Gasteiger partial charge in [-0.3, -0.25) is 0 Å². The highest BCUT2D eigenvalue weighted by Crippen LogP contribution is 2.06. The third kappa shape index (κ3) is 3.87. The highest BCUT2D eigenvalue weighted by molar-refractivity contribution is 7.91. The average Bonchev–Trinajstić information content (AvgIpc) is 2.15. The molecule has 1 rings (SSSR count). The lowest BCUT2D eigenvalue weighted by Gasteiger charge is -2.06. The van der Waals surface area contributed by atoms with Crippen LogP contribution in [-0.2, 0) is 14.9 Å². The van der Waals surface area contributed by atoms with Crippen molar-refractivity contribution in [2.75, 3.05) is 11.8 Å². The zero-order chi connectivity index (χ0) is 12.2. The molecule has 0 unspecified atom stereocenters. The molecule has 16 heavy (non-hydrogen) atoms. The maximum Gasteiger partial charge on any atom is 0.422 e. The Morgan fingerprint density at radius 1 is 1.56 bits per heavy atom. The second-order valence-corrected chi connectivity index (χ2v) is 4.20. The van der Waals surface area contributed by atoms with E-state index in [1.807, 2.05) is 4.72 Å². The molecule has 88 valence electrons. The van der Waals surface area contributed by atoms with Gasteiger partial charge in [-0.1, -0.05) is 11.6 Å². The van der Waals surface area contributed by atoms with E-state index in [2.05, 4.69) is 14.7 Å². The summed E-state index contributed by atoms with van der Waals surface area (Å²) in [7, 11) is -3.09. The predicted octanol–water partition coefficient (Wildman–Crippen LogP) is 0.143. The van der Waals surface area contributed by atoms with E-state index >= 15 is 0 Å². The number of aromatic nitrogens is 2. The average molecular weight is 267 g/mol. The van der Waals surface area contributed by atoms with Crippen LogP contribution in [0.2, 0.25) is 5.15 Å². The molecule has 8 nitrogen and oxygen atoms in total. The molecule has 1 aromatic rings. The van der Waals surface area contributed by atoms with Gasteiger partial charge in [-0.15, -0.1) is 0 Å². The van der Waals surface area contributed by atoms with Crippen molar-refractivity contribution in [2.24, 2.45) is 0 Å². The summed E-state index contributed by atoms with van der Waals surface area (Å²) in [5, 5.41) is 0.0609. The van der Waals surface area contributed by atoms with E-state index in [9.17, 15) is 13.2 Å². The van der Waals surface area contributed by atoms with Crippen LogP contribution in [-0.4, -0.2) is 31.6 Å². The fourth-order valence-corrected chi connectivity index (χ4v) is 1.51. The minimum Gasteiger partial charge on any atom is -0.452 e. The third-order valence-electron chi connectivity index (χ3n) is 1.25. The summed E-state index contributed by atoms with van der Waals surface area (Å²) >= 11 is 5.51. The maximum atomic E-state index is 11.2. The summed E-state index contributed by atoms with van der Waals surface area (Å²) < 4.78 is 30.0. The molecule has 0 aliphatic rings. The first-order valence-electron chi connectivity index (χ1n) is 3.80. The zero-order valence-electron chi connectivity index (χ0n) is 7.97. The molecule has 0 aliphatic carbocycles. The number of nitrogens with zero attached hydrogens (tertiary/aromatic N) is 2. The summed E-state index contributed by atoms with van der Waals surface area (Å²) in [5.41, 5.74) is 0. The van der Waals surface area contributed by atoms with Gasteiger partial charge < -0.3 is 4.74 Å². The van der Waals surface area contributed by atoms with Gasteiger partial charge in [0, 0.05) is 6.20 Å². The number of anilines is 1. The topological polar surface area (TPSA) is 110 Å². The highest BCUT2D eigenvalue weighted by Gasteiger charge is 2.15. The lowest BCUT2D eigenvalue weighted by Crippen LogP contribution is -2.35. The Kier molecular flexibility index (Phi) is 3.85. The smallest absolute Gasteiger partial charge is 0.422 e. The molecule has 0 radical (unpaired) electrons. The first-order valence-corrected chi connectivity index (χ1v) is 5.66. The Labute approximate surface area is 96.2 Å². The summed E-state index contributed by atoms with van der Waals surface area (Å²) in [5.74, 6) is -0.260. The fourth-order valence-electron chi connectivity index (χ4n) is 0.683. The Balaban J connectivity index is 2.77. The molecule has 0 fully saturated rings. The highest BCUT2D eigenvalue weighted by atomic mass is 35.5. The minimum absolute atomic E-state index is 0.0609. The molecule has 0 spiro atoms. The van der Waals surface area contributed by atoms with E-state index in [1.54, 1.807) is 4.72 Å². The van der Waals surface area contributed by atoms with Crippen molar-refractivity contribution in [3.8, 4) is 0 Å². The van der Waals surface area contributed by atoms with Crippen molar-refractivity contribution < 1.29 is 17.9 Å². The second kappa shape index (κ2) is 4.94. The Morgan fingerprint density at radius 3 is 2.81 bits per heavy atom. The van der Waals surface area contributed by atoms with E-state index in [-0.39, 0.29) is 11.1 Å². The third-order valence-corrected chi connectivity index (χ3v) is 2.35. The van der Waals surface area contributed by atoms with Crippen LogP contribution in [0.5, 0.6) is 0 Å². The number of nitrogens with one attached hydrogen (secondary N) is 2. The van der Waals surface area contributed by atoms with E-state index in [0.717, 1.165) is 7.11 Å². The molecule has 0 atom stereocenters. The summed E-state index contributed by atoms with van der Waals surface area (Å²) in [4.78, 5) is 17.8. The van der Waals surface area contributed by atoms with Gasteiger partial charge in [-0.2, -0.15) is 8.42 Å². The van der Waals surface area contributed by atoms with Crippen molar-refractivity contribution in [3.05, 3.63) is 17.4 Å². The monoisotopic (exact) mass is 266 g/mol. The van der Waals surface area contributed by atoms with Crippen LogP contribution in [0.15, 0.2) is 12.3 Å². The van der Waals surface area contributed by atoms with E-state index in [0.29, 0.717) is 0 Å². The van der Waals surface area contributed by atoms with Crippen LogP contribution >= 0.6 is 11.6 Å². The number of hydrogen-bond acceptors (Lipinski definition) is 6. The number of carbonyl (C=O) groups is 1. The van der Waals surface area contributed by atoms with Crippen LogP contribution < -0.4 is 9.44 Å². The van der Waals surface area contributed by atoms with Crippen molar-refractivity contribution in [1.82, 2.24) is 14.7 Å². The number of amides is 1. The SMILES string of the molecule is COC(=O)NS(=O)(=O)Nc1nccc(Cl)n1. The molecule has 1 aromatic heterocycles. The van der Waals surface area contributed by atoms with E-state index < -0.39 is 16.3 Å². The standard InChI is InChI=1S/C6H7ClN4O4S/c1-15-6(12)11-16(13,14)10-5-8-3-2-4(7)9-5/h2-3H,1H3,(H,11,12)(H,8,9,10). The van der Waals surface area contributed by atoms with Crippen molar-refractivity contribution in [1.29, 1.82) is 0 Å². The van der Waals surface area contributed by atoms with Crippen molar-refractivity contribution in [2.45, 2.75) is 0 Å². The molecule has 0 aliphatic heterocycles. The lowest BCUT2D eigenvalue weighted by molar-refractivity contribution is 0.177. The molecule has 2 N–H and O–H groups in total. The predicted molar refractivity (Wildman–Crippen MR) is 55.1 cm³/mol. The number of methoxy groups -OCH3 is 1. The molecule has 0 saturated carbocycles. The molecule has 0 saturated heterocycles. The Morgan fingerprint density at radius 2 is 2.25 bits per heavy atom. The van der Waals surface area contributed by atoms with Crippen molar-refractivity contribution >= 4 is 33.9 Å². The molecule has 10 heteroatoms. The largest absolute Gasteiger partial charge is 0.452 e. The molecular formula is C6H7ClN4O4S. The van der Waals surface area contributed by atoms with Crippen LogP contribution in [0, 0.1) is 0 Å². The number of halogens is 1. The molecular weight excluding hydrogens is 260 g/mol. The summed E-state index contributed by atoms with van der Waals surface area (Å²) in [6, 6.07) is 1.37. The molecule has 0 aromatic carbocycles. The van der Waals surface area contributed by atoms with Gasteiger partial charge in [0.25, 0.3) is 0 Å². The van der Waals surface area contributed by atoms with Crippen molar-refractivity contribution in [3.63, 3.8) is 0 Å². The van der Waals surface area contributed by atoms with E-state index in [4.69, 9.17) is 11.6 Å². The molecule has 0 bridgehead atoms. The van der Waals surface area contributed by atoms with Gasteiger partial charge in [0.2, 0.25) is 5.95 Å². The molecule has 1 heterocycles. The van der Waals surface area contributed by atoms with E-state index in [1.165, 1.54) is 12.3 Å². The van der Waals surface area contributed by atoms with Gasteiger partial charge >= 0.3 is 16.3 Å². The maximum absolute atomic E-state index is 11.2.